The molecular weight excluding hydrogens is 362 g/mol. The Balaban J connectivity index is 1.65. The van der Waals surface area contributed by atoms with Crippen LogP contribution in [-0.2, 0) is 14.8 Å². The van der Waals surface area contributed by atoms with E-state index in [1.807, 2.05) is 43.3 Å². The first kappa shape index (κ1) is 18.1. The summed E-state index contributed by atoms with van der Waals surface area (Å²) in [5, 5.41) is 3.48. The normalized spacial score (nSPS) is 23.9. The highest BCUT2D eigenvalue weighted by Gasteiger charge is 2.39. The summed E-state index contributed by atoms with van der Waals surface area (Å²) >= 11 is 0. The molecule has 1 saturated heterocycles. The van der Waals surface area contributed by atoms with Crippen LogP contribution >= 0.6 is 0 Å². The molecular formula is C20H25N3O3S. The molecule has 2 aliphatic rings. The number of hydrogen-bond acceptors (Lipinski definition) is 5. The molecule has 2 aromatic rings. The first-order valence-electron chi connectivity index (χ1n) is 9.17. The van der Waals surface area contributed by atoms with Crippen molar-refractivity contribution in [1.29, 1.82) is 0 Å². The lowest BCUT2D eigenvalue weighted by molar-refractivity contribution is 0.0843. The van der Waals surface area contributed by atoms with Gasteiger partial charge in [-0.2, -0.15) is 0 Å². The molecule has 0 saturated carbocycles. The molecule has 0 radical (unpaired) electrons. The molecule has 0 spiro atoms. The molecule has 144 valence electrons. The maximum Gasteiger partial charge on any atom is 0.261 e. The third kappa shape index (κ3) is 3.37. The molecule has 3 atom stereocenters. The third-order valence-electron chi connectivity index (χ3n) is 5.42. The number of ether oxygens (including phenoxy) is 1. The number of nitrogens with zero attached hydrogens (tertiary/aromatic N) is 1. The van der Waals surface area contributed by atoms with E-state index in [9.17, 15) is 8.42 Å². The number of sulfonamides is 1. The zero-order valence-corrected chi connectivity index (χ0v) is 16.6. The molecule has 2 aliphatic heterocycles. The van der Waals surface area contributed by atoms with Gasteiger partial charge in [0, 0.05) is 49.6 Å². The van der Waals surface area contributed by atoms with Gasteiger partial charge in [-0.25, -0.2) is 8.42 Å². The van der Waals surface area contributed by atoms with Crippen molar-refractivity contribution in [3.05, 3.63) is 48.0 Å². The lowest BCUT2D eigenvalue weighted by Crippen LogP contribution is -2.33. The summed E-state index contributed by atoms with van der Waals surface area (Å²) in [7, 11) is 0.156. The predicted molar refractivity (Wildman–Crippen MR) is 108 cm³/mol. The van der Waals surface area contributed by atoms with Gasteiger partial charge in [0.15, 0.2) is 0 Å². The Morgan fingerprint density at radius 3 is 2.78 bits per heavy atom. The van der Waals surface area contributed by atoms with Gasteiger partial charge in [0.2, 0.25) is 0 Å². The Morgan fingerprint density at radius 2 is 2.00 bits per heavy atom. The second-order valence-electron chi connectivity index (χ2n) is 7.48. The summed E-state index contributed by atoms with van der Waals surface area (Å²) in [6, 6.07) is 12.9. The Bertz CT molecular complexity index is 959. The van der Waals surface area contributed by atoms with Gasteiger partial charge in [0.25, 0.3) is 10.0 Å². The average Bonchev–Trinajstić information content (AvgIpc) is 3.12. The third-order valence-corrected chi connectivity index (χ3v) is 6.80. The van der Waals surface area contributed by atoms with Crippen LogP contribution in [0, 0.1) is 5.92 Å². The van der Waals surface area contributed by atoms with Crippen molar-refractivity contribution in [2.45, 2.75) is 30.4 Å². The van der Waals surface area contributed by atoms with E-state index >= 15 is 0 Å². The molecule has 27 heavy (non-hydrogen) atoms. The van der Waals surface area contributed by atoms with E-state index < -0.39 is 10.0 Å². The van der Waals surface area contributed by atoms with Crippen molar-refractivity contribution >= 4 is 27.1 Å². The van der Waals surface area contributed by atoms with Crippen LogP contribution in [0.15, 0.2) is 47.4 Å². The molecule has 1 fully saturated rings. The molecule has 4 rings (SSSR count). The van der Waals surface area contributed by atoms with E-state index in [0.29, 0.717) is 24.3 Å². The number of benzene rings is 2. The molecule has 0 bridgehead atoms. The molecule has 6 nitrogen and oxygen atoms in total. The zero-order chi connectivity index (χ0) is 19.2. The van der Waals surface area contributed by atoms with Crippen LogP contribution in [0.25, 0.3) is 0 Å². The van der Waals surface area contributed by atoms with Crippen molar-refractivity contribution in [2.24, 2.45) is 5.92 Å². The summed E-state index contributed by atoms with van der Waals surface area (Å²) in [6.45, 7) is 2.87. The smallest absolute Gasteiger partial charge is 0.261 e. The highest BCUT2D eigenvalue weighted by Crippen LogP contribution is 2.45. The quantitative estimate of drug-likeness (QED) is 0.841. The fourth-order valence-corrected chi connectivity index (χ4v) is 5.01. The van der Waals surface area contributed by atoms with Crippen molar-refractivity contribution in [3.63, 3.8) is 0 Å². The number of rotatable bonds is 4. The monoisotopic (exact) mass is 387 g/mol. The van der Waals surface area contributed by atoms with Crippen LogP contribution in [0.2, 0.25) is 0 Å². The molecule has 2 aromatic carbocycles. The van der Waals surface area contributed by atoms with Crippen molar-refractivity contribution < 1.29 is 13.2 Å². The van der Waals surface area contributed by atoms with Crippen LogP contribution in [0.4, 0.5) is 17.1 Å². The fourth-order valence-electron chi connectivity index (χ4n) is 3.93. The van der Waals surface area contributed by atoms with Gasteiger partial charge in [-0.15, -0.1) is 0 Å². The van der Waals surface area contributed by atoms with Crippen LogP contribution in [0.3, 0.4) is 0 Å². The Kier molecular flexibility index (Phi) is 4.52. The molecule has 2 N–H and O–H groups in total. The van der Waals surface area contributed by atoms with E-state index in [2.05, 4.69) is 17.0 Å². The van der Waals surface area contributed by atoms with Gasteiger partial charge in [0.1, 0.15) is 0 Å². The lowest BCUT2D eigenvalue weighted by Gasteiger charge is -2.34. The standard InChI is InChI=1S/C20H25N3O3S/c1-13-17-9-10-26-20(17)18-12-16(7-8-19(18)21-13)27(24,25)22-14-5-4-6-15(11-14)23(2)3/h4-8,11-13,17,20-22H,9-10H2,1-3H3/t13-,17-,20-/m0/s1. The van der Waals surface area contributed by atoms with Gasteiger partial charge in [-0.3, -0.25) is 4.72 Å². The van der Waals surface area contributed by atoms with Crippen molar-refractivity contribution in [1.82, 2.24) is 0 Å². The summed E-state index contributed by atoms with van der Waals surface area (Å²) in [4.78, 5) is 2.18. The van der Waals surface area contributed by atoms with Crippen LogP contribution in [-0.4, -0.2) is 35.2 Å². The van der Waals surface area contributed by atoms with Gasteiger partial charge >= 0.3 is 0 Å². The van der Waals surface area contributed by atoms with Crippen LogP contribution < -0.4 is 14.9 Å². The van der Waals surface area contributed by atoms with Crippen LogP contribution in [0.1, 0.15) is 25.0 Å². The van der Waals surface area contributed by atoms with Gasteiger partial charge in [0.05, 0.1) is 16.7 Å². The minimum Gasteiger partial charge on any atom is -0.382 e. The Hall–Kier alpha value is -2.25. The van der Waals surface area contributed by atoms with Gasteiger partial charge < -0.3 is 15.0 Å². The molecule has 0 aromatic heterocycles. The van der Waals surface area contributed by atoms with E-state index in [0.717, 1.165) is 23.4 Å². The number of fused-ring (bicyclic) bond motifs is 3. The molecule has 7 heteroatoms. The number of hydrogen-bond donors (Lipinski definition) is 2. The number of nitrogens with one attached hydrogen (secondary N) is 2. The minimum atomic E-state index is -3.68. The maximum absolute atomic E-state index is 12.9. The summed E-state index contributed by atoms with van der Waals surface area (Å²) in [6.07, 6.45) is 0.952. The largest absolute Gasteiger partial charge is 0.382 e. The van der Waals surface area contributed by atoms with E-state index in [1.165, 1.54) is 0 Å². The Morgan fingerprint density at radius 1 is 1.19 bits per heavy atom. The minimum absolute atomic E-state index is 0.0385. The van der Waals surface area contributed by atoms with E-state index in [4.69, 9.17) is 4.74 Å². The first-order valence-corrected chi connectivity index (χ1v) is 10.7. The first-order chi connectivity index (χ1) is 12.8. The number of anilines is 3. The predicted octanol–water partition coefficient (Wildman–Crippen LogP) is 3.45. The van der Waals surface area contributed by atoms with Crippen molar-refractivity contribution in [3.8, 4) is 0 Å². The summed E-state index contributed by atoms with van der Waals surface area (Å²) in [5.74, 6) is 0.375. The molecule has 0 aliphatic carbocycles. The molecule has 0 amide bonds. The Labute approximate surface area is 160 Å². The van der Waals surface area contributed by atoms with E-state index in [-0.39, 0.29) is 11.0 Å². The summed E-state index contributed by atoms with van der Waals surface area (Å²) in [5.41, 5.74) is 3.36. The van der Waals surface area contributed by atoms with E-state index in [1.54, 1.807) is 18.2 Å². The van der Waals surface area contributed by atoms with Crippen molar-refractivity contribution in [2.75, 3.05) is 35.6 Å². The SMILES string of the molecule is C[C@@H]1Nc2ccc(S(=O)(=O)Nc3cccc(N(C)C)c3)cc2[C@H]2OCC[C@@H]12. The topological polar surface area (TPSA) is 70.7 Å². The van der Waals surface area contributed by atoms with Gasteiger partial charge in [-0.05, 0) is 49.7 Å². The maximum atomic E-state index is 12.9. The highest BCUT2D eigenvalue weighted by atomic mass is 32.2. The lowest BCUT2D eigenvalue weighted by atomic mass is 9.85. The van der Waals surface area contributed by atoms with Gasteiger partial charge in [-0.1, -0.05) is 6.07 Å². The summed E-state index contributed by atoms with van der Waals surface area (Å²) < 4.78 is 34.5. The molecule has 0 unspecified atom stereocenters. The fraction of sp³-hybridized carbons (Fsp3) is 0.400. The second-order valence-corrected chi connectivity index (χ2v) is 9.16. The van der Waals surface area contributed by atoms with Crippen LogP contribution in [0.5, 0.6) is 0 Å². The highest BCUT2D eigenvalue weighted by molar-refractivity contribution is 7.92. The average molecular weight is 388 g/mol. The second kappa shape index (κ2) is 6.73. The molecule has 2 heterocycles. The zero-order valence-electron chi connectivity index (χ0n) is 15.8.